The second-order valence-electron chi connectivity index (χ2n) is 3.63. The van der Waals surface area contributed by atoms with Crippen LogP contribution < -0.4 is 10.0 Å². The van der Waals surface area contributed by atoms with Crippen LogP contribution in [0.5, 0.6) is 0 Å². The summed E-state index contributed by atoms with van der Waals surface area (Å²) in [5.74, 6) is 1.42. The van der Waals surface area contributed by atoms with E-state index in [4.69, 9.17) is 11.6 Å². The monoisotopic (exact) mass is 358 g/mol. The number of thioether (sulfide) groups is 1. The molecule has 1 heterocycles. The molecule has 2 N–H and O–H groups in total. The number of aromatic nitrogens is 1. The Labute approximate surface area is 134 Å². The Morgan fingerprint density at radius 3 is 2.86 bits per heavy atom. The van der Waals surface area contributed by atoms with E-state index >= 15 is 0 Å². The topological polar surface area (TPSA) is 49.3 Å². The van der Waals surface area contributed by atoms with Gasteiger partial charge in [-0.2, -0.15) is 24.9 Å². The van der Waals surface area contributed by atoms with Gasteiger partial charge in [0.15, 0.2) is 0 Å². The molecule has 4 nitrogen and oxygen atoms in total. The van der Waals surface area contributed by atoms with Gasteiger partial charge in [-0.25, -0.2) is 0 Å². The maximum absolute atomic E-state index is 12.0. The first-order chi connectivity index (χ1) is 9.92. The molecular weight excluding hydrogens is 345 g/mol. The summed E-state index contributed by atoms with van der Waals surface area (Å²) in [4.78, 5) is 7.84. The Hall–Kier alpha value is -0.800. The quantitative estimate of drug-likeness (QED) is 0.353. The van der Waals surface area contributed by atoms with Crippen LogP contribution in [0.1, 0.15) is 5.69 Å². The van der Waals surface area contributed by atoms with Gasteiger partial charge in [-0.15, -0.1) is 0 Å². The largest absolute Gasteiger partial charge is 0.461 e. The lowest BCUT2D eigenvalue weighted by Gasteiger charge is -2.12. The summed E-state index contributed by atoms with van der Waals surface area (Å²) >= 11 is 7.19. The molecule has 0 aliphatic rings. The molecule has 0 radical (unpaired) electrons. The standard InChI is InChI=1S/C11H14ClF3N4S2/c1-16-10(19-21-11(13,14)15)18-5-6-20-7-9-8(12)3-2-4-17-9/h2-4H,5-7H2,1H3,(H2,16,18,19). The molecule has 1 aromatic heterocycles. The van der Waals surface area contributed by atoms with Crippen LogP contribution in [0, 0.1) is 0 Å². The number of rotatable bonds is 6. The molecule has 0 atom stereocenters. The Bertz CT molecular complexity index is 471. The van der Waals surface area contributed by atoms with Crippen LogP contribution in [-0.4, -0.2) is 35.8 Å². The fourth-order valence-corrected chi connectivity index (χ4v) is 2.66. The average molecular weight is 359 g/mol. The van der Waals surface area contributed by atoms with Crippen molar-refractivity contribution in [2.45, 2.75) is 11.3 Å². The van der Waals surface area contributed by atoms with Gasteiger partial charge in [-0.1, -0.05) is 11.6 Å². The van der Waals surface area contributed by atoms with Crippen molar-refractivity contribution in [1.82, 2.24) is 15.0 Å². The van der Waals surface area contributed by atoms with Gasteiger partial charge in [0.05, 0.1) is 22.7 Å². The zero-order valence-corrected chi connectivity index (χ0v) is 13.5. The summed E-state index contributed by atoms with van der Waals surface area (Å²) in [7, 11) is 1.41. The van der Waals surface area contributed by atoms with Crippen molar-refractivity contribution in [2.24, 2.45) is 4.99 Å². The molecule has 0 saturated heterocycles. The van der Waals surface area contributed by atoms with Crippen molar-refractivity contribution < 1.29 is 13.2 Å². The minimum atomic E-state index is -4.35. The summed E-state index contributed by atoms with van der Waals surface area (Å²) in [5, 5.41) is 3.40. The highest BCUT2D eigenvalue weighted by atomic mass is 35.5. The van der Waals surface area contributed by atoms with Crippen molar-refractivity contribution in [3.05, 3.63) is 29.0 Å². The van der Waals surface area contributed by atoms with Crippen LogP contribution in [0.3, 0.4) is 0 Å². The van der Waals surface area contributed by atoms with E-state index in [0.717, 1.165) is 5.69 Å². The first-order valence-corrected chi connectivity index (χ1v) is 8.16. The number of hydrogen-bond acceptors (Lipinski definition) is 4. The number of nitrogens with one attached hydrogen (secondary N) is 2. The summed E-state index contributed by atoms with van der Waals surface area (Å²) in [5.41, 5.74) is -3.55. The van der Waals surface area contributed by atoms with Crippen molar-refractivity contribution in [3.8, 4) is 0 Å². The van der Waals surface area contributed by atoms with Crippen LogP contribution in [-0.2, 0) is 5.75 Å². The summed E-state index contributed by atoms with van der Waals surface area (Å²) in [6.07, 6.45) is 1.67. The number of halogens is 4. The molecule has 0 amide bonds. The maximum atomic E-state index is 12.0. The molecule has 0 aliphatic heterocycles. The summed E-state index contributed by atoms with van der Waals surface area (Å²) in [6, 6.07) is 3.52. The van der Waals surface area contributed by atoms with Crippen LogP contribution >= 0.6 is 35.3 Å². The molecule has 1 aromatic rings. The van der Waals surface area contributed by atoms with Crippen molar-refractivity contribution >= 4 is 41.3 Å². The summed E-state index contributed by atoms with van der Waals surface area (Å²) in [6.45, 7) is 0.479. The van der Waals surface area contributed by atoms with Gasteiger partial charge in [0.2, 0.25) is 5.96 Å². The van der Waals surface area contributed by atoms with Crippen LogP contribution in [0.25, 0.3) is 0 Å². The molecule has 0 fully saturated rings. The fraction of sp³-hybridized carbons (Fsp3) is 0.455. The van der Waals surface area contributed by atoms with Crippen LogP contribution in [0.4, 0.5) is 13.2 Å². The van der Waals surface area contributed by atoms with E-state index in [1.165, 1.54) is 7.05 Å². The van der Waals surface area contributed by atoms with Gasteiger partial charge in [-0.3, -0.25) is 14.7 Å². The smallest absolute Gasteiger partial charge is 0.355 e. The van der Waals surface area contributed by atoms with E-state index in [-0.39, 0.29) is 17.9 Å². The molecule has 0 spiro atoms. The number of pyridine rings is 1. The van der Waals surface area contributed by atoms with Gasteiger partial charge in [0.1, 0.15) is 0 Å². The van der Waals surface area contributed by atoms with Crippen molar-refractivity contribution in [2.75, 3.05) is 19.3 Å². The van der Waals surface area contributed by atoms with Gasteiger partial charge in [0.25, 0.3) is 0 Å². The maximum Gasteiger partial charge on any atom is 0.461 e. The van der Waals surface area contributed by atoms with E-state index in [1.807, 2.05) is 0 Å². The summed E-state index contributed by atoms with van der Waals surface area (Å²) < 4.78 is 38.2. The molecule has 0 unspecified atom stereocenters. The molecule has 0 aromatic carbocycles. The van der Waals surface area contributed by atoms with E-state index in [1.54, 1.807) is 30.1 Å². The van der Waals surface area contributed by atoms with Gasteiger partial charge in [0, 0.05) is 31.3 Å². The van der Waals surface area contributed by atoms with Gasteiger partial charge in [-0.05, 0) is 12.1 Å². The fourth-order valence-electron chi connectivity index (χ4n) is 1.20. The molecule has 0 bridgehead atoms. The first kappa shape index (κ1) is 18.2. The van der Waals surface area contributed by atoms with Gasteiger partial charge < -0.3 is 5.32 Å². The SMILES string of the molecule is CN=C(NCCSCc1ncccc1Cl)NSC(F)(F)F. The lowest BCUT2D eigenvalue weighted by atomic mass is 10.4. The zero-order chi connectivity index (χ0) is 15.7. The van der Waals surface area contributed by atoms with Crippen molar-refractivity contribution in [3.63, 3.8) is 0 Å². The molecule has 0 aliphatic carbocycles. The lowest BCUT2D eigenvalue weighted by Crippen LogP contribution is -2.36. The van der Waals surface area contributed by atoms with E-state index in [9.17, 15) is 13.2 Å². The Morgan fingerprint density at radius 1 is 1.48 bits per heavy atom. The Kier molecular flexibility index (Phi) is 8.05. The molecule has 0 saturated carbocycles. The van der Waals surface area contributed by atoms with E-state index in [2.05, 4.69) is 20.0 Å². The van der Waals surface area contributed by atoms with E-state index < -0.39 is 5.51 Å². The molecule has 118 valence electrons. The Balaban J connectivity index is 2.20. The highest BCUT2D eigenvalue weighted by molar-refractivity contribution is 7.98. The number of nitrogens with zero attached hydrogens (tertiary/aromatic N) is 2. The molecular formula is C11H14ClF3N4S2. The average Bonchev–Trinajstić information content (AvgIpc) is 2.42. The zero-order valence-electron chi connectivity index (χ0n) is 11.1. The highest BCUT2D eigenvalue weighted by Gasteiger charge is 2.29. The minimum Gasteiger partial charge on any atom is -0.355 e. The number of guanidine groups is 1. The number of alkyl halides is 3. The van der Waals surface area contributed by atoms with Crippen molar-refractivity contribution in [1.29, 1.82) is 0 Å². The predicted octanol–water partition coefficient (Wildman–Crippen LogP) is 3.30. The first-order valence-electron chi connectivity index (χ1n) is 5.81. The van der Waals surface area contributed by atoms with E-state index in [0.29, 0.717) is 23.1 Å². The third-order valence-corrected chi connectivity index (χ3v) is 3.94. The van der Waals surface area contributed by atoms with Crippen LogP contribution in [0.15, 0.2) is 23.3 Å². The van der Waals surface area contributed by atoms with Gasteiger partial charge >= 0.3 is 5.51 Å². The number of aliphatic imine (C=N–C) groups is 1. The van der Waals surface area contributed by atoms with Crippen LogP contribution in [0.2, 0.25) is 5.02 Å². The number of hydrogen-bond donors (Lipinski definition) is 2. The predicted molar refractivity (Wildman–Crippen MR) is 83.6 cm³/mol. The lowest BCUT2D eigenvalue weighted by molar-refractivity contribution is -0.0332. The normalized spacial score (nSPS) is 12.3. The molecule has 10 heteroatoms. The molecule has 21 heavy (non-hydrogen) atoms. The molecule has 1 rings (SSSR count). The third-order valence-electron chi connectivity index (χ3n) is 2.10. The second kappa shape index (κ2) is 9.26. The highest BCUT2D eigenvalue weighted by Crippen LogP contribution is 2.26. The Morgan fingerprint density at radius 2 is 2.24 bits per heavy atom. The third kappa shape index (κ3) is 8.27. The second-order valence-corrected chi connectivity index (χ2v) is 6.02. The minimum absolute atomic E-state index is 0.0915.